The standard InChI is InChI=1S/C13H18BrFN2O2/c1-13(2,19)7-17(3)11(12(16)18)9-5-4-8(14)6-10(9)15/h4-6,11,19H,7H2,1-3H3,(H2,16,18). The van der Waals surface area contributed by atoms with Crippen LogP contribution < -0.4 is 5.73 Å². The molecule has 0 fully saturated rings. The van der Waals surface area contributed by atoms with Gasteiger partial charge in [0.25, 0.3) is 0 Å². The van der Waals surface area contributed by atoms with Crippen molar-refractivity contribution in [3.63, 3.8) is 0 Å². The Hall–Kier alpha value is -0.980. The second-order valence-corrected chi connectivity index (χ2v) is 6.11. The number of nitrogens with two attached hydrogens (primary N) is 1. The topological polar surface area (TPSA) is 66.6 Å². The maximum Gasteiger partial charge on any atom is 0.239 e. The van der Waals surface area contributed by atoms with Gasteiger partial charge in [0.05, 0.1) is 5.60 Å². The summed E-state index contributed by atoms with van der Waals surface area (Å²) in [6.07, 6.45) is 0. The van der Waals surface area contributed by atoms with Crippen molar-refractivity contribution in [2.75, 3.05) is 13.6 Å². The zero-order chi connectivity index (χ0) is 14.8. The lowest BCUT2D eigenvalue weighted by Gasteiger charge is -2.31. The van der Waals surface area contributed by atoms with Crippen LogP contribution in [0.5, 0.6) is 0 Å². The molecule has 0 spiro atoms. The van der Waals surface area contributed by atoms with E-state index in [4.69, 9.17) is 5.73 Å². The molecule has 19 heavy (non-hydrogen) atoms. The lowest BCUT2D eigenvalue weighted by atomic mass is 10.0. The Balaban J connectivity index is 3.10. The molecule has 1 unspecified atom stereocenters. The van der Waals surface area contributed by atoms with Gasteiger partial charge in [0, 0.05) is 16.6 Å². The van der Waals surface area contributed by atoms with Gasteiger partial charge in [-0.1, -0.05) is 22.0 Å². The molecule has 1 aromatic carbocycles. The van der Waals surface area contributed by atoms with Crippen LogP contribution in [0.25, 0.3) is 0 Å². The number of aliphatic hydroxyl groups is 1. The van der Waals surface area contributed by atoms with Crippen molar-refractivity contribution in [3.8, 4) is 0 Å². The Bertz CT molecular complexity index is 474. The van der Waals surface area contributed by atoms with E-state index in [0.29, 0.717) is 4.47 Å². The third-order valence-electron chi connectivity index (χ3n) is 2.60. The van der Waals surface area contributed by atoms with Crippen LogP contribution in [0.3, 0.4) is 0 Å². The fourth-order valence-electron chi connectivity index (χ4n) is 2.03. The first-order chi connectivity index (χ1) is 8.61. The summed E-state index contributed by atoms with van der Waals surface area (Å²) in [5, 5.41) is 9.78. The Kier molecular flexibility index (Phi) is 5.06. The molecule has 1 rings (SSSR count). The molecule has 0 aliphatic rings. The Morgan fingerprint density at radius 1 is 1.58 bits per heavy atom. The summed E-state index contributed by atoms with van der Waals surface area (Å²) >= 11 is 3.16. The van der Waals surface area contributed by atoms with Crippen molar-refractivity contribution in [1.82, 2.24) is 4.90 Å². The number of likely N-dealkylation sites (N-methyl/N-ethyl adjacent to an activating group) is 1. The van der Waals surface area contributed by atoms with E-state index in [1.807, 2.05) is 0 Å². The van der Waals surface area contributed by atoms with Crippen LogP contribution in [0.2, 0.25) is 0 Å². The monoisotopic (exact) mass is 332 g/mol. The van der Waals surface area contributed by atoms with E-state index in [1.54, 1.807) is 27.0 Å². The lowest BCUT2D eigenvalue weighted by Crippen LogP contribution is -2.43. The van der Waals surface area contributed by atoms with Gasteiger partial charge in [0.2, 0.25) is 5.91 Å². The molecule has 1 atom stereocenters. The first-order valence-corrected chi connectivity index (χ1v) is 6.58. The highest BCUT2D eigenvalue weighted by Gasteiger charge is 2.29. The van der Waals surface area contributed by atoms with Crippen LogP contribution in [-0.4, -0.2) is 35.1 Å². The predicted molar refractivity (Wildman–Crippen MR) is 75.0 cm³/mol. The van der Waals surface area contributed by atoms with Gasteiger partial charge in [-0.2, -0.15) is 0 Å². The number of amides is 1. The average molecular weight is 333 g/mol. The number of primary amides is 1. The van der Waals surface area contributed by atoms with E-state index in [0.717, 1.165) is 0 Å². The second-order valence-electron chi connectivity index (χ2n) is 5.20. The van der Waals surface area contributed by atoms with Gasteiger partial charge < -0.3 is 10.8 Å². The van der Waals surface area contributed by atoms with Crippen molar-refractivity contribution in [3.05, 3.63) is 34.1 Å². The van der Waals surface area contributed by atoms with Gasteiger partial charge in [-0.15, -0.1) is 0 Å². The van der Waals surface area contributed by atoms with Gasteiger partial charge in [-0.25, -0.2) is 4.39 Å². The maximum atomic E-state index is 13.9. The van der Waals surface area contributed by atoms with Crippen LogP contribution in [0, 0.1) is 5.82 Å². The van der Waals surface area contributed by atoms with Gasteiger partial charge >= 0.3 is 0 Å². The van der Waals surface area contributed by atoms with E-state index >= 15 is 0 Å². The summed E-state index contributed by atoms with van der Waals surface area (Å²) in [6.45, 7) is 3.41. The van der Waals surface area contributed by atoms with E-state index in [-0.39, 0.29) is 12.1 Å². The molecular formula is C13H18BrFN2O2. The van der Waals surface area contributed by atoms with Gasteiger partial charge in [-0.05, 0) is 33.0 Å². The van der Waals surface area contributed by atoms with Crippen molar-refractivity contribution >= 4 is 21.8 Å². The molecule has 0 aliphatic carbocycles. The first kappa shape index (κ1) is 16.1. The number of nitrogens with zero attached hydrogens (tertiary/aromatic N) is 1. The highest BCUT2D eigenvalue weighted by Crippen LogP contribution is 2.25. The molecule has 0 saturated heterocycles. The maximum absolute atomic E-state index is 13.9. The second kappa shape index (κ2) is 5.98. The van der Waals surface area contributed by atoms with Gasteiger partial charge in [0.1, 0.15) is 11.9 Å². The molecule has 1 aromatic rings. The molecular weight excluding hydrogens is 315 g/mol. The zero-order valence-electron chi connectivity index (χ0n) is 11.2. The third-order valence-corrected chi connectivity index (χ3v) is 3.10. The number of rotatable bonds is 5. The minimum absolute atomic E-state index is 0.191. The molecule has 1 amide bonds. The summed E-state index contributed by atoms with van der Waals surface area (Å²) in [4.78, 5) is 13.1. The summed E-state index contributed by atoms with van der Waals surface area (Å²) in [5.74, 6) is -1.17. The first-order valence-electron chi connectivity index (χ1n) is 5.78. The molecule has 0 heterocycles. The Labute approximate surface area is 120 Å². The Morgan fingerprint density at radius 3 is 2.58 bits per heavy atom. The summed E-state index contributed by atoms with van der Waals surface area (Å²) in [6, 6.07) is 3.52. The summed E-state index contributed by atoms with van der Waals surface area (Å²) < 4.78 is 14.5. The molecule has 106 valence electrons. The van der Waals surface area contributed by atoms with Crippen molar-refractivity contribution in [1.29, 1.82) is 0 Å². The van der Waals surface area contributed by atoms with E-state index in [2.05, 4.69) is 15.9 Å². The number of carbonyl (C=O) groups is 1. The van der Waals surface area contributed by atoms with E-state index in [9.17, 15) is 14.3 Å². The van der Waals surface area contributed by atoms with E-state index in [1.165, 1.54) is 17.0 Å². The van der Waals surface area contributed by atoms with Gasteiger partial charge in [0.15, 0.2) is 0 Å². The zero-order valence-corrected chi connectivity index (χ0v) is 12.7. The van der Waals surface area contributed by atoms with Crippen LogP contribution in [-0.2, 0) is 4.79 Å². The minimum Gasteiger partial charge on any atom is -0.389 e. The molecule has 4 nitrogen and oxygen atoms in total. The van der Waals surface area contributed by atoms with Crippen molar-refractivity contribution < 1.29 is 14.3 Å². The predicted octanol–water partition coefficient (Wildman–Crippen LogP) is 1.82. The minimum atomic E-state index is -1.01. The van der Waals surface area contributed by atoms with Crippen LogP contribution >= 0.6 is 15.9 Å². The highest BCUT2D eigenvalue weighted by atomic mass is 79.9. The third kappa shape index (κ3) is 4.56. The molecule has 0 saturated carbocycles. The number of hydrogen-bond donors (Lipinski definition) is 2. The fourth-order valence-corrected chi connectivity index (χ4v) is 2.37. The fraction of sp³-hybridized carbons (Fsp3) is 0.462. The van der Waals surface area contributed by atoms with Gasteiger partial charge in [-0.3, -0.25) is 9.69 Å². The van der Waals surface area contributed by atoms with Crippen LogP contribution in [0.1, 0.15) is 25.5 Å². The number of hydrogen-bond acceptors (Lipinski definition) is 3. The Morgan fingerprint density at radius 2 is 2.16 bits per heavy atom. The molecule has 0 aliphatic heterocycles. The lowest BCUT2D eigenvalue weighted by molar-refractivity contribution is -0.124. The van der Waals surface area contributed by atoms with Crippen molar-refractivity contribution in [2.24, 2.45) is 5.73 Å². The molecule has 6 heteroatoms. The smallest absolute Gasteiger partial charge is 0.239 e. The van der Waals surface area contributed by atoms with Crippen LogP contribution in [0.15, 0.2) is 22.7 Å². The molecule has 0 bridgehead atoms. The summed E-state index contributed by atoms with van der Waals surface area (Å²) in [7, 11) is 1.62. The molecule has 0 aromatic heterocycles. The number of benzene rings is 1. The SMILES string of the molecule is CN(CC(C)(C)O)C(C(N)=O)c1ccc(Br)cc1F. The highest BCUT2D eigenvalue weighted by molar-refractivity contribution is 9.10. The quantitative estimate of drug-likeness (QED) is 0.864. The summed E-state index contributed by atoms with van der Waals surface area (Å²) in [5.41, 5.74) is 4.55. The molecule has 0 radical (unpaired) electrons. The van der Waals surface area contributed by atoms with E-state index < -0.39 is 23.4 Å². The number of carbonyl (C=O) groups excluding carboxylic acids is 1. The largest absolute Gasteiger partial charge is 0.389 e. The average Bonchev–Trinajstić information content (AvgIpc) is 2.18. The van der Waals surface area contributed by atoms with Crippen molar-refractivity contribution in [2.45, 2.75) is 25.5 Å². The molecule has 3 N–H and O–H groups in total. The normalized spacial score (nSPS) is 13.6. The number of halogens is 2. The van der Waals surface area contributed by atoms with Crippen LogP contribution in [0.4, 0.5) is 4.39 Å².